The summed E-state index contributed by atoms with van der Waals surface area (Å²) in [6, 6.07) is 16.3. The van der Waals surface area contributed by atoms with Gasteiger partial charge >= 0.3 is 0 Å². The summed E-state index contributed by atoms with van der Waals surface area (Å²) in [6.07, 6.45) is 1.85. The molecule has 3 heteroatoms. The minimum absolute atomic E-state index is 0.383. The van der Waals surface area contributed by atoms with E-state index in [1.165, 1.54) is 11.1 Å². The Kier molecular flexibility index (Phi) is 5.64. The summed E-state index contributed by atoms with van der Waals surface area (Å²) in [7, 11) is 3.40. The van der Waals surface area contributed by atoms with Crippen LogP contribution in [0.1, 0.15) is 11.1 Å². The molecule has 0 aromatic heterocycles. The Balaban J connectivity index is 2.09. The van der Waals surface area contributed by atoms with Gasteiger partial charge in [-0.05, 0) is 54.6 Å². The van der Waals surface area contributed by atoms with Gasteiger partial charge in [-0.15, -0.1) is 0 Å². The fraction of sp³-hybridized carbons (Fsp3) is 0.333. The highest BCUT2D eigenvalue weighted by Gasteiger charge is 2.12. The highest BCUT2D eigenvalue weighted by Crippen LogP contribution is 2.23. The molecule has 0 radical (unpaired) electrons. The number of hydrogen-bond acceptors (Lipinski definition) is 3. The molecule has 0 aliphatic rings. The van der Waals surface area contributed by atoms with Crippen molar-refractivity contribution in [1.29, 1.82) is 0 Å². The SMILES string of the molecule is COc1cccc(CC(CN)Cc2ccccc2OC)c1. The molecule has 112 valence electrons. The molecule has 0 saturated carbocycles. The minimum Gasteiger partial charge on any atom is -0.497 e. The number of hydrogen-bond donors (Lipinski definition) is 1. The first-order chi connectivity index (χ1) is 10.3. The molecule has 0 fully saturated rings. The quantitative estimate of drug-likeness (QED) is 0.850. The van der Waals surface area contributed by atoms with Gasteiger partial charge in [0.25, 0.3) is 0 Å². The maximum Gasteiger partial charge on any atom is 0.122 e. The van der Waals surface area contributed by atoms with Crippen LogP contribution in [0.25, 0.3) is 0 Å². The Morgan fingerprint density at radius 1 is 0.952 bits per heavy atom. The second-order valence-electron chi connectivity index (χ2n) is 5.17. The van der Waals surface area contributed by atoms with E-state index in [0.717, 1.165) is 24.3 Å². The maximum absolute atomic E-state index is 5.96. The van der Waals surface area contributed by atoms with Crippen LogP contribution in [0.3, 0.4) is 0 Å². The molecule has 0 aliphatic heterocycles. The Labute approximate surface area is 126 Å². The first kappa shape index (κ1) is 15.4. The number of para-hydroxylation sites is 1. The second kappa shape index (κ2) is 7.70. The largest absolute Gasteiger partial charge is 0.497 e. The molecule has 2 rings (SSSR count). The molecule has 0 aliphatic carbocycles. The van der Waals surface area contributed by atoms with Crippen LogP contribution in [0, 0.1) is 5.92 Å². The molecule has 1 unspecified atom stereocenters. The summed E-state index contributed by atoms with van der Waals surface area (Å²) in [4.78, 5) is 0. The lowest BCUT2D eigenvalue weighted by Gasteiger charge is -2.17. The minimum atomic E-state index is 0.383. The standard InChI is InChI=1S/C18H23NO2/c1-20-17-8-5-6-14(12-17)10-15(13-19)11-16-7-3-4-9-18(16)21-2/h3-9,12,15H,10-11,13,19H2,1-2H3. The Morgan fingerprint density at radius 2 is 1.76 bits per heavy atom. The number of ether oxygens (including phenoxy) is 2. The molecule has 0 saturated heterocycles. The summed E-state index contributed by atoms with van der Waals surface area (Å²) in [5, 5.41) is 0. The van der Waals surface area contributed by atoms with Crippen LogP contribution in [0.5, 0.6) is 11.5 Å². The average molecular weight is 285 g/mol. The van der Waals surface area contributed by atoms with Gasteiger partial charge in [-0.25, -0.2) is 0 Å². The summed E-state index contributed by atoms with van der Waals surface area (Å²) in [5.41, 5.74) is 8.41. The van der Waals surface area contributed by atoms with Crippen LogP contribution >= 0.6 is 0 Å². The lowest BCUT2D eigenvalue weighted by Crippen LogP contribution is -2.19. The molecule has 0 spiro atoms. The molecule has 21 heavy (non-hydrogen) atoms. The van der Waals surface area contributed by atoms with Gasteiger partial charge in [0.2, 0.25) is 0 Å². The monoisotopic (exact) mass is 285 g/mol. The van der Waals surface area contributed by atoms with Gasteiger partial charge in [0, 0.05) is 0 Å². The first-order valence-corrected chi connectivity index (χ1v) is 7.21. The lowest BCUT2D eigenvalue weighted by molar-refractivity contribution is 0.403. The van der Waals surface area contributed by atoms with E-state index in [4.69, 9.17) is 15.2 Å². The number of methoxy groups -OCH3 is 2. The number of nitrogens with two attached hydrogens (primary N) is 1. The van der Waals surface area contributed by atoms with E-state index in [1.807, 2.05) is 30.3 Å². The van der Waals surface area contributed by atoms with Crippen molar-refractivity contribution < 1.29 is 9.47 Å². The van der Waals surface area contributed by atoms with Gasteiger partial charge in [-0.3, -0.25) is 0 Å². The van der Waals surface area contributed by atoms with E-state index in [0.29, 0.717) is 12.5 Å². The van der Waals surface area contributed by atoms with E-state index in [2.05, 4.69) is 18.2 Å². The third-order valence-corrected chi connectivity index (χ3v) is 3.69. The summed E-state index contributed by atoms with van der Waals surface area (Å²) in [6.45, 7) is 0.648. The molecule has 2 N–H and O–H groups in total. The highest BCUT2D eigenvalue weighted by atomic mass is 16.5. The normalized spacial score (nSPS) is 12.0. The zero-order valence-corrected chi connectivity index (χ0v) is 12.7. The lowest BCUT2D eigenvalue weighted by atomic mass is 9.92. The fourth-order valence-electron chi connectivity index (χ4n) is 2.55. The third kappa shape index (κ3) is 4.23. The molecular weight excluding hydrogens is 262 g/mol. The van der Waals surface area contributed by atoms with Crippen molar-refractivity contribution in [3.63, 3.8) is 0 Å². The van der Waals surface area contributed by atoms with Gasteiger partial charge in [-0.1, -0.05) is 30.3 Å². The van der Waals surface area contributed by atoms with Crippen molar-refractivity contribution >= 4 is 0 Å². The van der Waals surface area contributed by atoms with Crippen molar-refractivity contribution in [2.75, 3.05) is 20.8 Å². The van der Waals surface area contributed by atoms with Crippen molar-refractivity contribution in [2.45, 2.75) is 12.8 Å². The Hall–Kier alpha value is -2.00. The van der Waals surface area contributed by atoms with Crippen molar-refractivity contribution in [1.82, 2.24) is 0 Å². The molecule has 1 atom stereocenters. The topological polar surface area (TPSA) is 44.5 Å². The van der Waals surface area contributed by atoms with Crippen LogP contribution in [0.15, 0.2) is 48.5 Å². The van der Waals surface area contributed by atoms with Gasteiger partial charge in [0.15, 0.2) is 0 Å². The molecule has 3 nitrogen and oxygen atoms in total. The van der Waals surface area contributed by atoms with Gasteiger partial charge in [0.05, 0.1) is 14.2 Å². The molecule has 0 bridgehead atoms. The van der Waals surface area contributed by atoms with E-state index >= 15 is 0 Å². The molecular formula is C18H23NO2. The summed E-state index contributed by atoms with van der Waals surface area (Å²) >= 11 is 0. The summed E-state index contributed by atoms with van der Waals surface area (Å²) < 4.78 is 10.7. The van der Waals surface area contributed by atoms with Gasteiger partial charge in [-0.2, -0.15) is 0 Å². The van der Waals surface area contributed by atoms with Crippen LogP contribution in [-0.2, 0) is 12.8 Å². The van der Waals surface area contributed by atoms with Crippen molar-refractivity contribution in [3.8, 4) is 11.5 Å². The average Bonchev–Trinajstić information content (AvgIpc) is 2.54. The Morgan fingerprint density at radius 3 is 2.48 bits per heavy atom. The molecule has 0 amide bonds. The van der Waals surface area contributed by atoms with Crippen molar-refractivity contribution in [3.05, 3.63) is 59.7 Å². The third-order valence-electron chi connectivity index (χ3n) is 3.69. The predicted molar refractivity (Wildman–Crippen MR) is 85.9 cm³/mol. The van der Waals surface area contributed by atoms with E-state index < -0.39 is 0 Å². The number of benzene rings is 2. The van der Waals surface area contributed by atoms with E-state index in [9.17, 15) is 0 Å². The predicted octanol–water partition coefficient (Wildman–Crippen LogP) is 3.06. The molecule has 0 heterocycles. The fourth-order valence-corrected chi connectivity index (χ4v) is 2.55. The molecule has 2 aromatic carbocycles. The Bertz CT molecular complexity index is 569. The van der Waals surface area contributed by atoms with E-state index in [1.54, 1.807) is 14.2 Å². The van der Waals surface area contributed by atoms with E-state index in [-0.39, 0.29) is 0 Å². The van der Waals surface area contributed by atoms with Gasteiger partial charge < -0.3 is 15.2 Å². The zero-order chi connectivity index (χ0) is 15.1. The molecule has 2 aromatic rings. The van der Waals surface area contributed by atoms with Crippen LogP contribution in [0.4, 0.5) is 0 Å². The zero-order valence-electron chi connectivity index (χ0n) is 12.7. The van der Waals surface area contributed by atoms with Crippen LogP contribution in [0.2, 0.25) is 0 Å². The van der Waals surface area contributed by atoms with Gasteiger partial charge in [0.1, 0.15) is 11.5 Å². The van der Waals surface area contributed by atoms with Crippen LogP contribution < -0.4 is 15.2 Å². The number of rotatable bonds is 7. The highest BCUT2D eigenvalue weighted by molar-refractivity contribution is 5.34. The maximum atomic E-state index is 5.96. The van der Waals surface area contributed by atoms with Crippen molar-refractivity contribution in [2.24, 2.45) is 11.7 Å². The summed E-state index contributed by atoms with van der Waals surface area (Å²) in [5.74, 6) is 2.20. The smallest absolute Gasteiger partial charge is 0.122 e. The van der Waals surface area contributed by atoms with Crippen LogP contribution in [-0.4, -0.2) is 20.8 Å². The first-order valence-electron chi connectivity index (χ1n) is 7.21. The second-order valence-corrected chi connectivity index (χ2v) is 5.17.